The first-order chi connectivity index (χ1) is 8.18. The molecule has 1 aromatic rings. The van der Waals surface area contributed by atoms with E-state index >= 15 is 0 Å². The van der Waals surface area contributed by atoms with Gasteiger partial charge in [-0.25, -0.2) is 13.1 Å². The van der Waals surface area contributed by atoms with E-state index in [-0.39, 0.29) is 0 Å². The highest BCUT2D eigenvalue weighted by Crippen LogP contribution is 2.23. The second-order valence-corrected chi connectivity index (χ2v) is 5.01. The van der Waals surface area contributed by atoms with Crippen LogP contribution in [-0.4, -0.2) is 27.5 Å². The monoisotopic (exact) mass is 282 g/mol. The molecule has 0 aromatic heterocycles. The van der Waals surface area contributed by atoms with Crippen LogP contribution in [0, 0.1) is 0 Å². The van der Waals surface area contributed by atoms with Crippen molar-refractivity contribution in [1.82, 2.24) is 4.72 Å². The number of amides is 1. The van der Waals surface area contributed by atoms with Crippen molar-refractivity contribution in [2.45, 2.75) is 11.1 Å². The number of benzene rings is 1. The molecule has 0 atom stereocenters. The Morgan fingerprint density at radius 1 is 1.22 bits per heavy atom. The van der Waals surface area contributed by atoms with Gasteiger partial charge in [0.1, 0.15) is 4.90 Å². The number of nitrogens with one attached hydrogen (secondary N) is 2. The fourth-order valence-corrected chi connectivity index (χ4v) is 1.99. The molecule has 0 aliphatic carbocycles. The molecule has 0 saturated heterocycles. The molecule has 0 heterocycles. The molecule has 100 valence electrons. The number of rotatable bonds is 3. The van der Waals surface area contributed by atoms with Gasteiger partial charge in [-0.1, -0.05) is 12.1 Å². The highest BCUT2D eigenvalue weighted by Gasteiger charge is 2.39. The van der Waals surface area contributed by atoms with Gasteiger partial charge in [-0.2, -0.15) is 13.2 Å². The number of alkyl halides is 3. The quantitative estimate of drug-likeness (QED) is 0.871. The Morgan fingerprint density at radius 3 is 2.28 bits per heavy atom. The minimum atomic E-state index is -5.09. The smallest absolute Gasteiger partial charge is 0.317 e. The lowest BCUT2D eigenvalue weighted by Gasteiger charge is -2.12. The van der Waals surface area contributed by atoms with Gasteiger partial charge < -0.3 is 5.32 Å². The Kier molecular flexibility index (Phi) is 3.97. The molecule has 0 unspecified atom stereocenters. The van der Waals surface area contributed by atoms with Gasteiger partial charge in [0, 0.05) is 0 Å². The third kappa shape index (κ3) is 3.20. The molecule has 9 heteroatoms. The van der Waals surface area contributed by atoms with E-state index in [2.05, 4.69) is 0 Å². The molecule has 0 fully saturated rings. The van der Waals surface area contributed by atoms with Gasteiger partial charge in [0.15, 0.2) is 0 Å². The largest absolute Gasteiger partial charge is 0.471 e. The summed E-state index contributed by atoms with van der Waals surface area (Å²) in [6, 6.07) is 4.78. The van der Waals surface area contributed by atoms with Gasteiger partial charge in [0.2, 0.25) is 10.0 Å². The van der Waals surface area contributed by atoms with Crippen LogP contribution in [0.4, 0.5) is 18.9 Å². The summed E-state index contributed by atoms with van der Waals surface area (Å²) in [7, 11) is -2.84. The molecule has 0 saturated carbocycles. The van der Waals surface area contributed by atoms with Crippen LogP contribution in [0.25, 0.3) is 0 Å². The maximum atomic E-state index is 12.1. The van der Waals surface area contributed by atoms with Gasteiger partial charge in [-0.15, -0.1) is 0 Å². The minimum absolute atomic E-state index is 0.436. The van der Waals surface area contributed by atoms with Crippen LogP contribution in [0.1, 0.15) is 0 Å². The van der Waals surface area contributed by atoms with E-state index < -0.39 is 32.7 Å². The Bertz CT molecular complexity index is 554. The van der Waals surface area contributed by atoms with E-state index in [1.165, 1.54) is 17.4 Å². The second-order valence-electron chi connectivity index (χ2n) is 3.16. The summed E-state index contributed by atoms with van der Waals surface area (Å²) in [5.74, 6) is -2.23. The Morgan fingerprint density at radius 2 is 1.78 bits per heavy atom. The van der Waals surface area contributed by atoms with E-state index in [9.17, 15) is 26.4 Å². The zero-order valence-electron chi connectivity index (χ0n) is 9.08. The predicted octanol–water partition coefficient (Wildman–Crippen LogP) is 1.10. The molecule has 18 heavy (non-hydrogen) atoms. The summed E-state index contributed by atoms with van der Waals surface area (Å²) < 4.78 is 61.2. The molecular formula is C9H9F3N2O3S. The number of anilines is 1. The Labute approximate surface area is 101 Å². The van der Waals surface area contributed by atoms with Crippen LogP contribution in [-0.2, 0) is 14.8 Å². The molecule has 0 spiro atoms. The average Bonchev–Trinajstić information content (AvgIpc) is 2.28. The van der Waals surface area contributed by atoms with Crippen LogP contribution in [0.5, 0.6) is 0 Å². The van der Waals surface area contributed by atoms with Crippen molar-refractivity contribution in [3.05, 3.63) is 24.3 Å². The van der Waals surface area contributed by atoms with E-state index in [0.717, 1.165) is 19.2 Å². The van der Waals surface area contributed by atoms with Gasteiger partial charge in [-0.3, -0.25) is 4.79 Å². The first-order valence-electron chi connectivity index (χ1n) is 4.59. The van der Waals surface area contributed by atoms with Crippen molar-refractivity contribution in [1.29, 1.82) is 0 Å². The third-order valence-electron chi connectivity index (χ3n) is 1.95. The molecule has 1 aromatic carbocycles. The van der Waals surface area contributed by atoms with Crippen molar-refractivity contribution in [2.75, 3.05) is 12.4 Å². The number of hydrogen-bond donors (Lipinski definition) is 2. The number of sulfonamides is 1. The average molecular weight is 282 g/mol. The fraction of sp³-hybridized carbons (Fsp3) is 0.222. The molecule has 0 aliphatic heterocycles. The van der Waals surface area contributed by atoms with Crippen LogP contribution in [0.2, 0.25) is 0 Å². The van der Waals surface area contributed by atoms with Gasteiger partial charge in [0.25, 0.3) is 0 Å². The highest BCUT2D eigenvalue weighted by molar-refractivity contribution is 7.89. The Hall–Kier alpha value is -1.61. The summed E-state index contributed by atoms with van der Waals surface area (Å²) in [6.07, 6.45) is -5.09. The SMILES string of the molecule is CNS(=O)(=O)c1ccccc1NC(=O)C(F)(F)F. The predicted molar refractivity (Wildman–Crippen MR) is 57.4 cm³/mol. The molecule has 2 N–H and O–H groups in total. The lowest BCUT2D eigenvalue weighted by atomic mass is 10.3. The number of carbonyl (C=O) groups excluding carboxylic acids is 1. The standard InChI is InChI=1S/C9H9F3N2O3S/c1-13-18(16,17)7-5-3-2-4-6(7)14-8(15)9(10,11)12/h2-5,13H,1H3,(H,14,15). The van der Waals surface area contributed by atoms with E-state index in [1.54, 1.807) is 0 Å². The molecule has 5 nitrogen and oxygen atoms in total. The van der Waals surface area contributed by atoms with Crippen molar-refractivity contribution in [3.8, 4) is 0 Å². The van der Waals surface area contributed by atoms with Crippen molar-refractivity contribution in [2.24, 2.45) is 0 Å². The zero-order valence-corrected chi connectivity index (χ0v) is 9.89. The van der Waals surface area contributed by atoms with Gasteiger partial charge in [-0.05, 0) is 19.2 Å². The first-order valence-corrected chi connectivity index (χ1v) is 6.07. The summed E-state index contributed by atoms with van der Waals surface area (Å²) in [5.41, 5.74) is -0.436. The van der Waals surface area contributed by atoms with Crippen molar-refractivity contribution >= 4 is 21.6 Å². The maximum absolute atomic E-state index is 12.1. The number of carbonyl (C=O) groups is 1. The van der Waals surface area contributed by atoms with Gasteiger partial charge in [0.05, 0.1) is 5.69 Å². The highest BCUT2D eigenvalue weighted by atomic mass is 32.2. The van der Waals surface area contributed by atoms with Crippen LogP contribution in [0.3, 0.4) is 0 Å². The number of hydrogen-bond acceptors (Lipinski definition) is 3. The number of halogens is 3. The van der Waals surface area contributed by atoms with E-state index in [0.29, 0.717) is 0 Å². The minimum Gasteiger partial charge on any atom is -0.317 e. The summed E-state index contributed by atoms with van der Waals surface area (Å²) in [6.45, 7) is 0. The lowest BCUT2D eigenvalue weighted by molar-refractivity contribution is -0.167. The summed E-state index contributed by atoms with van der Waals surface area (Å²) in [5, 5.41) is 1.51. The van der Waals surface area contributed by atoms with Crippen LogP contribution >= 0.6 is 0 Å². The second kappa shape index (κ2) is 4.94. The molecule has 0 aliphatic rings. The summed E-state index contributed by atoms with van der Waals surface area (Å²) in [4.78, 5) is 10.3. The zero-order chi connectivity index (χ0) is 14.0. The van der Waals surface area contributed by atoms with Crippen LogP contribution in [0.15, 0.2) is 29.2 Å². The fourth-order valence-electron chi connectivity index (χ4n) is 1.11. The molecule has 1 rings (SSSR count). The van der Waals surface area contributed by atoms with Crippen LogP contribution < -0.4 is 10.0 Å². The normalized spacial score (nSPS) is 12.2. The molecule has 1 amide bonds. The lowest BCUT2D eigenvalue weighted by Crippen LogP contribution is -2.31. The Balaban J connectivity index is 3.16. The third-order valence-corrected chi connectivity index (χ3v) is 3.42. The van der Waals surface area contributed by atoms with Crippen molar-refractivity contribution in [3.63, 3.8) is 0 Å². The first kappa shape index (κ1) is 14.5. The topological polar surface area (TPSA) is 75.3 Å². The van der Waals surface area contributed by atoms with Gasteiger partial charge >= 0.3 is 12.1 Å². The molecule has 0 radical (unpaired) electrons. The maximum Gasteiger partial charge on any atom is 0.471 e. The summed E-state index contributed by atoms with van der Waals surface area (Å²) >= 11 is 0. The van der Waals surface area contributed by atoms with Crippen molar-refractivity contribution < 1.29 is 26.4 Å². The molecular weight excluding hydrogens is 273 g/mol. The number of para-hydroxylation sites is 1. The van der Waals surface area contributed by atoms with E-state index in [4.69, 9.17) is 0 Å². The van der Waals surface area contributed by atoms with E-state index in [1.807, 2.05) is 4.72 Å². The molecule has 0 bridgehead atoms.